The van der Waals surface area contributed by atoms with Crippen LogP contribution < -0.4 is 5.32 Å². The van der Waals surface area contributed by atoms with Gasteiger partial charge < -0.3 is 5.32 Å². The predicted molar refractivity (Wildman–Crippen MR) is 83.5 cm³/mol. The van der Waals surface area contributed by atoms with Crippen molar-refractivity contribution in [1.29, 1.82) is 0 Å². The van der Waals surface area contributed by atoms with Crippen LogP contribution in [0.1, 0.15) is 58.8 Å². The number of thioether (sulfide) groups is 1. The molecule has 19 heavy (non-hydrogen) atoms. The van der Waals surface area contributed by atoms with Gasteiger partial charge in [-0.3, -0.25) is 0 Å². The Balaban J connectivity index is 1.45. The summed E-state index contributed by atoms with van der Waals surface area (Å²) < 4.78 is 0. The van der Waals surface area contributed by atoms with Crippen molar-refractivity contribution in [3.8, 4) is 0 Å². The third-order valence-corrected chi connectivity index (χ3v) is 8.04. The van der Waals surface area contributed by atoms with Crippen molar-refractivity contribution in [2.45, 2.75) is 76.1 Å². The van der Waals surface area contributed by atoms with E-state index in [1.165, 1.54) is 12.2 Å². The van der Waals surface area contributed by atoms with Crippen molar-refractivity contribution in [3.63, 3.8) is 0 Å². The summed E-state index contributed by atoms with van der Waals surface area (Å²) in [4.78, 5) is 0. The molecule has 1 nitrogen and oxygen atoms in total. The maximum absolute atomic E-state index is 4.05. The van der Waals surface area contributed by atoms with Crippen molar-refractivity contribution >= 4 is 11.8 Å². The van der Waals surface area contributed by atoms with E-state index in [0.717, 1.165) is 35.1 Å². The van der Waals surface area contributed by atoms with E-state index in [0.29, 0.717) is 5.41 Å². The van der Waals surface area contributed by atoms with Gasteiger partial charge in [0.15, 0.2) is 0 Å². The average molecular weight is 279 g/mol. The summed E-state index contributed by atoms with van der Waals surface area (Å²) in [7, 11) is 0. The Bertz CT molecular complexity index is 318. The largest absolute Gasteiger partial charge is 0.310 e. The lowest BCUT2D eigenvalue weighted by Crippen LogP contribution is -2.56. The molecule has 4 saturated carbocycles. The van der Waals surface area contributed by atoms with Gasteiger partial charge in [-0.1, -0.05) is 6.92 Å². The van der Waals surface area contributed by atoms with Crippen molar-refractivity contribution in [3.05, 3.63) is 0 Å². The maximum atomic E-state index is 4.05. The second kappa shape index (κ2) is 4.66. The first kappa shape index (κ1) is 13.0. The highest BCUT2D eigenvalue weighted by Gasteiger charge is 2.53. The van der Waals surface area contributed by atoms with Gasteiger partial charge in [0.1, 0.15) is 0 Å². The Morgan fingerprint density at radius 3 is 2.05 bits per heavy atom. The van der Waals surface area contributed by atoms with Crippen molar-refractivity contribution in [2.75, 3.05) is 5.75 Å². The number of hydrogen-bond donors (Lipinski definition) is 1. The molecule has 3 atom stereocenters. The Morgan fingerprint density at radius 2 is 1.58 bits per heavy atom. The van der Waals surface area contributed by atoms with Gasteiger partial charge in [-0.15, -0.1) is 0 Å². The molecule has 4 bridgehead atoms. The Morgan fingerprint density at radius 1 is 1.00 bits per heavy atom. The molecule has 2 heteroatoms. The molecule has 1 aliphatic heterocycles. The van der Waals surface area contributed by atoms with Crippen molar-refractivity contribution in [1.82, 2.24) is 5.32 Å². The summed E-state index contributed by atoms with van der Waals surface area (Å²) in [6.45, 7) is 4.91. The predicted octanol–water partition coefficient (Wildman–Crippen LogP) is 4.07. The zero-order valence-corrected chi connectivity index (χ0v) is 13.3. The molecule has 4 aliphatic carbocycles. The van der Waals surface area contributed by atoms with E-state index in [1.54, 1.807) is 38.5 Å². The maximum Gasteiger partial charge on any atom is 0.0171 e. The lowest BCUT2D eigenvalue weighted by atomic mass is 9.48. The van der Waals surface area contributed by atoms with E-state index < -0.39 is 0 Å². The molecular weight excluding hydrogens is 250 g/mol. The Hall–Kier alpha value is 0.310. The quantitative estimate of drug-likeness (QED) is 0.835. The van der Waals surface area contributed by atoms with Crippen LogP contribution in [0.15, 0.2) is 0 Å². The molecule has 108 valence electrons. The lowest BCUT2D eigenvalue weighted by Gasteiger charge is -2.59. The molecule has 5 fully saturated rings. The van der Waals surface area contributed by atoms with E-state index in [1.807, 2.05) is 0 Å². The first-order chi connectivity index (χ1) is 9.13. The van der Waals surface area contributed by atoms with Gasteiger partial charge in [-0.2, -0.15) is 11.8 Å². The SMILES string of the molecule is CC1CC(NC(C)C23CC4CC(CC(C4)C2)C3)CS1. The van der Waals surface area contributed by atoms with Crippen LogP contribution in [0.5, 0.6) is 0 Å². The fourth-order valence-electron chi connectivity index (χ4n) is 6.17. The molecule has 5 aliphatic rings. The van der Waals surface area contributed by atoms with E-state index in [-0.39, 0.29) is 0 Å². The van der Waals surface area contributed by atoms with Crippen LogP contribution in [0.2, 0.25) is 0 Å². The summed E-state index contributed by atoms with van der Waals surface area (Å²) in [6.07, 6.45) is 10.7. The molecule has 0 amide bonds. The van der Waals surface area contributed by atoms with Gasteiger partial charge in [-0.25, -0.2) is 0 Å². The van der Waals surface area contributed by atoms with E-state index in [9.17, 15) is 0 Å². The zero-order chi connectivity index (χ0) is 13.0. The van der Waals surface area contributed by atoms with Crippen LogP contribution in [-0.4, -0.2) is 23.1 Å². The normalized spacial score (nSPS) is 53.7. The van der Waals surface area contributed by atoms with Crippen LogP contribution in [0.3, 0.4) is 0 Å². The number of hydrogen-bond acceptors (Lipinski definition) is 2. The standard InChI is InChI=1S/C17H29NS/c1-11-3-16(10-19-11)18-12(2)17-7-13-4-14(8-17)6-15(5-13)9-17/h11-16,18H,3-10H2,1-2H3. The first-order valence-electron chi connectivity index (χ1n) is 8.50. The third-order valence-electron chi connectivity index (χ3n) is 6.69. The number of nitrogens with one attached hydrogen (secondary N) is 1. The topological polar surface area (TPSA) is 12.0 Å². The molecule has 0 radical (unpaired) electrons. The molecule has 0 aromatic carbocycles. The zero-order valence-electron chi connectivity index (χ0n) is 12.5. The molecule has 0 aromatic heterocycles. The fraction of sp³-hybridized carbons (Fsp3) is 1.00. The second-order valence-corrected chi connectivity index (χ2v) is 9.72. The van der Waals surface area contributed by atoms with Gasteiger partial charge >= 0.3 is 0 Å². The molecule has 5 rings (SSSR count). The molecular formula is C17H29NS. The molecule has 1 N–H and O–H groups in total. The highest BCUT2D eigenvalue weighted by Crippen LogP contribution is 2.61. The average Bonchev–Trinajstić information content (AvgIpc) is 2.73. The van der Waals surface area contributed by atoms with Crippen LogP contribution in [0, 0.1) is 23.2 Å². The van der Waals surface area contributed by atoms with Crippen molar-refractivity contribution < 1.29 is 0 Å². The van der Waals surface area contributed by atoms with Crippen LogP contribution in [0.25, 0.3) is 0 Å². The highest BCUT2D eigenvalue weighted by molar-refractivity contribution is 8.00. The molecule has 0 spiro atoms. The minimum Gasteiger partial charge on any atom is -0.310 e. The summed E-state index contributed by atoms with van der Waals surface area (Å²) in [6, 6.07) is 1.56. The summed E-state index contributed by atoms with van der Waals surface area (Å²) in [5.41, 5.74) is 0.686. The minimum atomic E-state index is 0.686. The van der Waals surface area contributed by atoms with Crippen LogP contribution >= 0.6 is 11.8 Å². The Labute approximate surface area is 122 Å². The van der Waals surface area contributed by atoms with Crippen LogP contribution in [0.4, 0.5) is 0 Å². The van der Waals surface area contributed by atoms with Crippen LogP contribution in [-0.2, 0) is 0 Å². The smallest absolute Gasteiger partial charge is 0.0171 e. The minimum absolute atomic E-state index is 0.686. The molecule has 1 heterocycles. The Kier molecular flexibility index (Phi) is 3.19. The second-order valence-electron chi connectivity index (χ2n) is 8.24. The summed E-state index contributed by atoms with van der Waals surface area (Å²) in [5.74, 6) is 4.62. The van der Waals surface area contributed by atoms with Gasteiger partial charge in [0, 0.05) is 23.1 Å². The molecule has 3 unspecified atom stereocenters. The van der Waals surface area contributed by atoms with Gasteiger partial charge in [0.25, 0.3) is 0 Å². The third kappa shape index (κ3) is 2.27. The summed E-state index contributed by atoms with van der Waals surface area (Å²) in [5, 5.41) is 4.92. The summed E-state index contributed by atoms with van der Waals surface area (Å²) >= 11 is 2.16. The van der Waals surface area contributed by atoms with E-state index >= 15 is 0 Å². The molecule has 1 saturated heterocycles. The fourth-order valence-corrected chi connectivity index (χ4v) is 7.33. The lowest BCUT2D eigenvalue weighted by molar-refractivity contribution is -0.0717. The van der Waals surface area contributed by atoms with Crippen molar-refractivity contribution in [2.24, 2.45) is 23.2 Å². The van der Waals surface area contributed by atoms with Gasteiger partial charge in [0.2, 0.25) is 0 Å². The van der Waals surface area contributed by atoms with E-state index in [4.69, 9.17) is 0 Å². The highest BCUT2D eigenvalue weighted by atomic mass is 32.2. The first-order valence-corrected chi connectivity index (χ1v) is 9.55. The monoisotopic (exact) mass is 279 g/mol. The molecule has 0 aromatic rings. The number of rotatable bonds is 3. The van der Waals surface area contributed by atoms with E-state index in [2.05, 4.69) is 30.9 Å². The van der Waals surface area contributed by atoms with Gasteiger partial charge in [0.05, 0.1) is 0 Å². The van der Waals surface area contributed by atoms with Gasteiger partial charge in [-0.05, 0) is 75.0 Å².